The van der Waals surface area contributed by atoms with Crippen LogP contribution < -0.4 is 4.72 Å². The van der Waals surface area contributed by atoms with Gasteiger partial charge in [-0.3, -0.25) is 4.72 Å². The quantitative estimate of drug-likeness (QED) is 0.900. The Labute approximate surface area is 122 Å². The SMILES string of the molecule is Cc1nc(Cl)sc1S(=O)(=O)Nc1cccc(Br)c1. The second kappa shape index (κ2) is 5.16. The number of aromatic nitrogens is 1. The summed E-state index contributed by atoms with van der Waals surface area (Å²) in [6.45, 7) is 1.61. The molecule has 1 N–H and O–H groups in total. The van der Waals surface area contributed by atoms with E-state index in [0.717, 1.165) is 15.8 Å². The van der Waals surface area contributed by atoms with Crippen LogP contribution in [0.1, 0.15) is 5.69 Å². The number of nitrogens with zero attached hydrogens (tertiary/aromatic N) is 1. The Morgan fingerprint density at radius 3 is 2.72 bits per heavy atom. The van der Waals surface area contributed by atoms with Gasteiger partial charge in [-0.05, 0) is 25.1 Å². The van der Waals surface area contributed by atoms with Gasteiger partial charge >= 0.3 is 0 Å². The summed E-state index contributed by atoms with van der Waals surface area (Å²) >= 11 is 9.92. The maximum atomic E-state index is 12.1. The molecule has 96 valence electrons. The number of halogens is 2. The van der Waals surface area contributed by atoms with E-state index in [0.29, 0.717) is 11.4 Å². The summed E-state index contributed by atoms with van der Waals surface area (Å²) in [4.78, 5) is 3.89. The average molecular weight is 368 g/mol. The average Bonchev–Trinajstić information content (AvgIpc) is 2.58. The predicted molar refractivity (Wildman–Crippen MR) is 76.8 cm³/mol. The third kappa shape index (κ3) is 3.03. The topological polar surface area (TPSA) is 59.1 Å². The molecule has 8 heteroatoms. The molecular formula is C10H8BrClN2O2S2. The van der Waals surface area contributed by atoms with E-state index in [1.807, 2.05) is 6.07 Å². The van der Waals surface area contributed by atoms with Crippen molar-refractivity contribution in [3.8, 4) is 0 Å². The fraction of sp³-hybridized carbons (Fsp3) is 0.100. The number of hydrogen-bond acceptors (Lipinski definition) is 4. The van der Waals surface area contributed by atoms with Gasteiger partial charge in [-0.2, -0.15) is 0 Å². The lowest BCUT2D eigenvalue weighted by Crippen LogP contribution is -2.12. The summed E-state index contributed by atoms with van der Waals surface area (Å²) in [5.41, 5.74) is 0.876. The van der Waals surface area contributed by atoms with Crippen molar-refractivity contribution in [2.45, 2.75) is 11.1 Å². The standard InChI is InChI=1S/C10H8BrClN2O2S2/c1-6-9(17-10(12)13-6)18(15,16)14-8-4-2-3-7(11)5-8/h2-5,14H,1H3. The minimum absolute atomic E-state index is 0.132. The van der Waals surface area contributed by atoms with Crippen LogP contribution in [-0.4, -0.2) is 13.4 Å². The van der Waals surface area contributed by atoms with Crippen molar-refractivity contribution >= 4 is 54.6 Å². The highest BCUT2D eigenvalue weighted by Crippen LogP contribution is 2.28. The summed E-state index contributed by atoms with van der Waals surface area (Å²) in [7, 11) is -3.64. The Kier molecular flexibility index (Phi) is 3.96. The zero-order valence-corrected chi connectivity index (χ0v) is 13.1. The number of rotatable bonds is 3. The molecule has 0 saturated heterocycles. The minimum atomic E-state index is -3.64. The zero-order chi connectivity index (χ0) is 13.3. The van der Waals surface area contributed by atoms with E-state index in [-0.39, 0.29) is 8.68 Å². The van der Waals surface area contributed by atoms with E-state index in [2.05, 4.69) is 25.6 Å². The maximum Gasteiger partial charge on any atom is 0.273 e. The summed E-state index contributed by atoms with van der Waals surface area (Å²) in [6, 6.07) is 6.90. The molecule has 0 spiro atoms. The molecule has 0 bridgehead atoms. The first-order valence-electron chi connectivity index (χ1n) is 4.80. The van der Waals surface area contributed by atoms with Crippen molar-refractivity contribution in [1.29, 1.82) is 0 Å². The number of anilines is 1. The molecule has 0 aliphatic heterocycles. The van der Waals surface area contributed by atoms with Crippen molar-refractivity contribution in [3.05, 3.63) is 38.9 Å². The van der Waals surface area contributed by atoms with Gasteiger partial charge in [0.25, 0.3) is 10.0 Å². The first-order valence-corrected chi connectivity index (χ1v) is 8.27. The Morgan fingerprint density at radius 2 is 2.17 bits per heavy atom. The highest BCUT2D eigenvalue weighted by atomic mass is 79.9. The molecule has 1 aromatic heterocycles. The van der Waals surface area contributed by atoms with Crippen molar-refractivity contribution in [2.75, 3.05) is 4.72 Å². The lowest BCUT2D eigenvalue weighted by Gasteiger charge is -2.06. The second-order valence-electron chi connectivity index (χ2n) is 3.46. The van der Waals surface area contributed by atoms with Gasteiger partial charge in [0.05, 0.1) is 5.69 Å². The van der Waals surface area contributed by atoms with Crippen LogP contribution in [0.4, 0.5) is 5.69 Å². The summed E-state index contributed by atoms with van der Waals surface area (Å²) in [5.74, 6) is 0. The third-order valence-electron chi connectivity index (χ3n) is 2.05. The number of nitrogens with one attached hydrogen (secondary N) is 1. The van der Waals surface area contributed by atoms with Crippen LogP contribution in [0.25, 0.3) is 0 Å². The molecular weight excluding hydrogens is 360 g/mol. The highest BCUT2D eigenvalue weighted by Gasteiger charge is 2.21. The lowest BCUT2D eigenvalue weighted by molar-refractivity contribution is 0.602. The maximum absolute atomic E-state index is 12.1. The van der Waals surface area contributed by atoms with Gasteiger partial charge in [0.2, 0.25) is 0 Å². The predicted octanol–water partition coefficient (Wildman–Crippen LogP) is 3.67. The van der Waals surface area contributed by atoms with Crippen LogP contribution in [0.15, 0.2) is 32.9 Å². The number of sulfonamides is 1. The fourth-order valence-corrected chi connectivity index (χ4v) is 4.54. The number of thiazole rings is 1. The molecule has 0 aliphatic carbocycles. The Bertz CT molecular complexity index is 685. The van der Waals surface area contributed by atoms with Crippen LogP contribution in [0, 0.1) is 6.92 Å². The van der Waals surface area contributed by atoms with E-state index in [9.17, 15) is 8.42 Å². The number of benzene rings is 1. The van der Waals surface area contributed by atoms with Crippen LogP contribution in [0.2, 0.25) is 4.47 Å². The molecule has 2 rings (SSSR count). The van der Waals surface area contributed by atoms with Crippen molar-refractivity contribution in [3.63, 3.8) is 0 Å². The first kappa shape index (κ1) is 13.8. The molecule has 0 atom stereocenters. The molecule has 0 saturated carbocycles. The molecule has 0 radical (unpaired) electrons. The van der Waals surface area contributed by atoms with Gasteiger partial charge in [0, 0.05) is 10.2 Å². The van der Waals surface area contributed by atoms with Crippen LogP contribution in [-0.2, 0) is 10.0 Å². The second-order valence-corrected chi connectivity index (χ2v) is 7.83. The summed E-state index contributed by atoms with van der Waals surface area (Å²) in [5, 5.41) is 0. The molecule has 2 aromatic rings. The molecule has 0 amide bonds. The van der Waals surface area contributed by atoms with Crippen LogP contribution in [0.3, 0.4) is 0 Å². The van der Waals surface area contributed by atoms with E-state index in [1.165, 1.54) is 0 Å². The Hall–Kier alpha value is -0.630. The summed E-state index contributed by atoms with van der Waals surface area (Å²) < 4.78 is 27.9. The molecule has 18 heavy (non-hydrogen) atoms. The molecule has 4 nitrogen and oxygen atoms in total. The summed E-state index contributed by atoms with van der Waals surface area (Å²) in [6.07, 6.45) is 0. The van der Waals surface area contributed by atoms with Gasteiger partial charge in [-0.15, -0.1) is 0 Å². The number of hydrogen-bond donors (Lipinski definition) is 1. The smallest absolute Gasteiger partial charge is 0.273 e. The van der Waals surface area contributed by atoms with Gasteiger partial charge in [-0.25, -0.2) is 13.4 Å². The Balaban J connectivity index is 2.36. The molecule has 1 aromatic carbocycles. The van der Waals surface area contributed by atoms with Gasteiger partial charge in [0.1, 0.15) is 0 Å². The van der Waals surface area contributed by atoms with E-state index >= 15 is 0 Å². The van der Waals surface area contributed by atoms with Crippen LogP contribution >= 0.6 is 38.9 Å². The van der Waals surface area contributed by atoms with E-state index < -0.39 is 10.0 Å². The first-order chi connectivity index (χ1) is 8.38. The fourth-order valence-electron chi connectivity index (χ4n) is 1.35. The largest absolute Gasteiger partial charge is 0.279 e. The third-order valence-corrected chi connectivity index (χ3v) is 5.79. The number of aryl methyl sites for hydroxylation is 1. The van der Waals surface area contributed by atoms with E-state index in [1.54, 1.807) is 25.1 Å². The molecule has 0 unspecified atom stereocenters. The molecule has 0 aliphatic rings. The lowest BCUT2D eigenvalue weighted by atomic mass is 10.3. The van der Waals surface area contributed by atoms with Gasteiger partial charge < -0.3 is 0 Å². The van der Waals surface area contributed by atoms with Gasteiger partial charge in [-0.1, -0.05) is 44.9 Å². The van der Waals surface area contributed by atoms with Crippen molar-refractivity contribution in [2.24, 2.45) is 0 Å². The van der Waals surface area contributed by atoms with Gasteiger partial charge in [0.15, 0.2) is 8.68 Å². The van der Waals surface area contributed by atoms with Crippen molar-refractivity contribution < 1.29 is 8.42 Å². The minimum Gasteiger partial charge on any atom is -0.279 e. The normalized spacial score (nSPS) is 11.5. The van der Waals surface area contributed by atoms with E-state index in [4.69, 9.17) is 11.6 Å². The Morgan fingerprint density at radius 1 is 1.44 bits per heavy atom. The zero-order valence-electron chi connectivity index (χ0n) is 9.15. The van der Waals surface area contributed by atoms with Crippen LogP contribution in [0.5, 0.6) is 0 Å². The molecule has 1 heterocycles. The monoisotopic (exact) mass is 366 g/mol. The highest BCUT2D eigenvalue weighted by molar-refractivity contribution is 9.10. The molecule has 0 fully saturated rings. The van der Waals surface area contributed by atoms with Crippen molar-refractivity contribution in [1.82, 2.24) is 4.98 Å².